The van der Waals surface area contributed by atoms with Crippen molar-refractivity contribution in [2.45, 2.75) is 96.8 Å². The monoisotopic (exact) mass is 608 g/mol. The van der Waals surface area contributed by atoms with Gasteiger partial charge in [-0.3, -0.25) is 9.59 Å². The van der Waals surface area contributed by atoms with E-state index in [1.165, 1.54) is 0 Å². The number of carbonyl (C=O) groups is 2. The van der Waals surface area contributed by atoms with Gasteiger partial charge in [-0.15, -0.1) is 0 Å². The highest BCUT2D eigenvalue weighted by atomic mass is 16.7. The minimum absolute atomic E-state index is 0.167. The molecule has 0 spiro atoms. The van der Waals surface area contributed by atoms with Crippen molar-refractivity contribution in [1.82, 2.24) is 10.6 Å². The van der Waals surface area contributed by atoms with E-state index in [0.717, 1.165) is 16.7 Å². The number of methoxy groups -OCH3 is 3. The van der Waals surface area contributed by atoms with Gasteiger partial charge in [0, 0.05) is 29.5 Å². The van der Waals surface area contributed by atoms with E-state index in [4.69, 9.17) is 23.5 Å². The van der Waals surface area contributed by atoms with Crippen LogP contribution in [0.15, 0.2) is 36.4 Å². The third-order valence-corrected chi connectivity index (χ3v) is 9.20. The summed E-state index contributed by atoms with van der Waals surface area (Å²) >= 11 is 0. The van der Waals surface area contributed by atoms with Crippen LogP contribution in [0.1, 0.15) is 71.1 Å². The van der Waals surface area contributed by atoms with Gasteiger partial charge in [0.05, 0.1) is 38.5 Å². The van der Waals surface area contributed by atoms with E-state index >= 15 is 0 Å². The third kappa shape index (κ3) is 7.34. The molecule has 2 N–H and O–H groups in total. The van der Waals surface area contributed by atoms with Crippen molar-refractivity contribution < 1.29 is 33.1 Å². The molecular weight excluding hydrogens is 559 g/mol. The molecule has 0 radical (unpaired) electrons. The quantitative estimate of drug-likeness (QED) is 0.337. The summed E-state index contributed by atoms with van der Waals surface area (Å²) < 4.78 is 29.5. The maximum atomic E-state index is 14.0. The van der Waals surface area contributed by atoms with Crippen LogP contribution in [0.5, 0.6) is 17.2 Å². The van der Waals surface area contributed by atoms with Crippen LogP contribution in [0.25, 0.3) is 0 Å². The average Bonchev–Trinajstić information content (AvgIpc) is 3.21. The Kier molecular flexibility index (Phi) is 10.6. The van der Waals surface area contributed by atoms with E-state index in [-0.39, 0.29) is 29.6 Å². The summed E-state index contributed by atoms with van der Waals surface area (Å²) in [4.78, 5) is 27.8. The minimum atomic E-state index is -0.782. The zero-order valence-electron chi connectivity index (χ0n) is 27.7. The maximum Gasteiger partial charge on any atom is 0.481 e. The molecule has 4 rings (SSSR count). The molecule has 2 aliphatic rings. The Morgan fingerprint density at radius 1 is 0.932 bits per heavy atom. The molecule has 0 aromatic heterocycles. The molecule has 44 heavy (non-hydrogen) atoms. The number of amides is 2. The van der Waals surface area contributed by atoms with Crippen molar-refractivity contribution in [1.29, 1.82) is 0 Å². The molecule has 0 saturated carbocycles. The Balaban J connectivity index is 1.56. The second kappa shape index (κ2) is 13.8. The van der Waals surface area contributed by atoms with Crippen molar-refractivity contribution in [2.24, 2.45) is 11.8 Å². The SMILES string of the molecule is COc1cc(OC)c(OC)c2c1CC(C(=O)NC(Cc1ccccc1)C(=O)NC(CC(C)C)B1OC(C)(C)C(C)(C)O1)CC2. The fraction of sp³-hybridized carbons (Fsp3) is 0.588. The fourth-order valence-electron chi connectivity index (χ4n) is 6.07. The van der Waals surface area contributed by atoms with Gasteiger partial charge in [-0.2, -0.15) is 0 Å². The predicted molar refractivity (Wildman–Crippen MR) is 171 cm³/mol. The van der Waals surface area contributed by atoms with E-state index in [9.17, 15) is 9.59 Å². The Bertz CT molecular complexity index is 1300. The zero-order chi connectivity index (χ0) is 32.2. The van der Waals surface area contributed by atoms with Crippen LogP contribution in [-0.4, -0.2) is 63.4 Å². The lowest BCUT2D eigenvalue weighted by Gasteiger charge is -2.32. The molecule has 240 valence electrons. The van der Waals surface area contributed by atoms with Gasteiger partial charge in [-0.1, -0.05) is 44.2 Å². The zero-order valence-corrected chi connectivity index (χ0v) is 27.7. The number of rotatable bonds is 12. The molecule has 2 amide bonds. The highest BCUT2D eigenvalue weighted by Gasteiger charge is 2.54. The van der Waals surface area contributed by atoms with Gasteiger partial charge in [0.25, 0.3) is 0 Å². The molecule has 9 nitrogen and oxygen atoms in total. The summed E-state index contributed by atoms with van der Waals surface area (Å²) in [5, 5.41) is 6.31. The molecule has 1 saturated heterocycles. The topological polar surface area (TPSA) is 104 Å². The number of hydrogen-bond acceptors (Lipinski definition) is 7. The molecule has 0 bridgehead atoms. The molecular formula is C34H49BN2O7. The summed E-state index contributed by atoms with van der Waals surface area (Å²) in [6.07, 6.45) is 2.72. The molecule has 2 aromatic carbocycles. The van der Waals surface area contributed by atoms with Crippen molar-refractivity contribution in [3.05, 3.63) is 53.1 Å². The number of nitrogens with one attached hydrogen (secondary N) is 2. The van der Waals surface area contributed by atoms with E-state index in [1.54, 1.807) is 27.4 Å². The smallest absolute Gasteiger partial charge is 0.481 e. The van der Waals surface area contributed by atoms with E-state index in [2.05, 4.69) is 24.5 Å². The van der Waals surface area contributed by atoms with Gasteiger partial charge in [-0.25, -0.2) is 0 Å². The Morgan fingerprint density at radius 2 is 1.57 bits per heavy atom. The number of ether oxygens (including phenoxy) is 3. The van der Waals surface area contributed by atoms with Crippen LogP contribution < -0.4 is 24.8 Å². The summed E-state index contributed by atoms with van der Waals surface area (Å²) in [6, 6.07) is 10.8. The molecule has 3 unspecified atom stereocenters. The standard InChI is InChI=1S/C34H49BN2O7/c1-21(2)17-29(35-43-33(3,4)34(5,6)44-35)37-32(39)26(18-22-13-11-10-12-14-22)36-31(38)23-15-16-24-25(19-23)27(40-7)20-28(41-8)30(24)42-9/h10-14,20-21,23,26,29H,15-19H2,1-9H3,(H,36,38)(H,37,39). The second-order valence-corrected chi connectivity index (χ2v) is 13.3. The van der Waals surface area contributed by atoms with Gasteiger partial charge in [0.2, 0.25) is 11.8 Å². The largest absolute Gasteiger partial charge is 0.496 e. The first kappa shape index (κ1) is 33.7. The van der Waals surface area contributed by atoms with Crippen LogP contribution in [0, 0.1) is 11.8 Å². The number of fused-ring (bicyclic) bond motifs is 1. The molecule has 1 fully saturated rings. The van der Waals surface area contributed by atoms with Crippen LogP contribution in [-0.2, 0) is 38.2 Å². The molecule has 2 aromatic rings. The van der Waals surface area contributed by atoms with Gasteiger partial charge in [0.15, 0.2) is 11.5 Å². The third-order valence-electron chi connectivity index (χ3n) is 9.20. The van der Waals surface area contributed by atoms with Gasteiger partial charge >= 0.3 is 7.12 Å². The number of benzene rings is 2. The van der Waals surface area contributed by atoms with Crippen LogP contribution in [0.2, 0.25) is 0 Å². The first-order chi connectivity index (χ1) is 20.8. The van der Waals surface area contributed by atoms with E-state index in [0.29, 0.717) is 49.4 Å². The van der Waals surface area contributed by atoms with Crippen LogP contribution in [0.4, 0.5) is 0 Å². The van der Waals surface area contributed by atoms with Gasteiger partial charge in [-0.05, 0) is 64.9 Å². The summed E-state index contributed by atoms with van der Waals surface area (Å²) in [7, 11) is 4.22. The lowest BCUT2D eigenvalue weighted by Crippen LogP contribution is -2.56. The molecule has 1 aliphatic heterocycles. The van der Waals surface area contributed by atoms with Gasteiger partial charge < -0.3 is 34.2 Å². The van der Waals surface area contributed by atoms with Crippen molar-refractivity contribution in [3.8, 4) is 17.2 Å². The van der Waals surface area contributed by atoms with Gasteiger partial charge in [0.1, 0.15) is 11.8 Å². The first-order valence-electron chi connectivity index (χ1n) is 15.6. The predicted octanol–water partition coefficient (Wildman–Crippen LogP) is 4.71. The molecule has 1 aliphatic carbocycles. The Labute approximate surface area is 262 Å². The second-order valence-electron chi connectivity index (χ2n) is 13.3. The first-order valence-corrected chi connectivity index (χ1v) is 15.6. The van der Waals surface area contributed by atoms with E-state index in [1.807, 2.05) is 58.0 Å². The lowest BCUT2D eigenvalue weighted by molar-refractivity contribution is -0.131. The Morgan fingerprint density at radius 3 is 2.14 bits per heavy atom. The maximum absolute atomic E-state index is 14.0. The number of carbonyl (C=O) groups excluding carboxylic acids is 2. The van der Waals surface area contributed by atoms with Crippen molar-refractivity contribution in [3.63, 3.8) is 0 Å². The Hall–Kier alpha value is -3.24. The highest BCUT2D eigenvalue weighted by molar-refractivity contribution is 6.48. The minimum Gasteiger partial charge on any atom is -0.496 e. The summed E-state index contributed by atoms with van der Waals surface area (Å²) in [5.74, 6) is 1.07. The molecule has 1 heterocycles. The van der Waals surface area contributed by atoms with Crippen molar-refractivity contribution >= 4 is 18.9 Å². The highest BCUT2D eigenvalue weighted by Crippen LogP contribution is 2.44. The van der Waals surface area contributed by atoms with Crippen LogP contribution >= 0.6 is 0 Å². The van der Waals surface area contributed by atoms with Crippen molar-refractivity contribution in [2.75, 3.05) is 21.3 Å². The fourth-order valence-corrected chi connectivity index (χ4v) is 6.07. The average molecular weight is 609 g/mol. The molecule has 10 heteroatoms. The van der Waals surface area contributed by atoms with E-state index < -0.39 is 24.4 Å². The number of hydrogen-bond donors (Lipinski definition) is 2. The summed E-state index contributed by atoms with van der Waals surface area (Å²) in [6.45, 7) is 12.2. The molecule has 3 atom stereocenters. The summed E-state index contributed by atoms with van der Waals surface area (Å²) in [5.41, 5.74) is 1.82. The lowest BCUT2D eigenvalue weighted by atomic mass is 9.73. The van der Waals surface area contributed by atoms with Crippen LogP contribution in [0.3, 0.4) is 0 Å². The normalized spacial score (nSPS) is 20.0.